The summed E-state index contributed by atoms with van der Waals surface area (Å²) >= 11 is 0. The topological polar surface area (TPSA) is 45.1 Å². The van der Waals surface area contributed by atoms with E-state index in [1.807, 2.05) is 0 Å². The Morgan fingerprint density at radius 1 is 1.35 bits per heavy atom. The molecule has 92 valence electrons. The SMILES string of the molecule is CCc1ccc2[nH]cc(C(CN)N(C)C)c2c1. The lowest BCUT2D eigenvalue weighted by molar-refractivity contribution is 0.308. The minimum Gasteiger partial charge on any atom is -0.361 e. The molecule has 1 unspecified atom stereocenters. The molecule has 0 fully saturated rings. The summed E-state index contributed by atoms with van der Waals surface area (Å²) in [5.41, 5.74) is 9.73. The molecule has 3 N–H and O–H groups in total. The van der Waals surface area contributed by atoms with Crippen LogP contribution in [0.4, 0.5) is 0 Å². The molecule has 17 heavy (non-hydrogen) atoms. The molecular weight excluding hydrogens is 210 g/mol. The maximum Gasteiger partial charge on any atom is 0.0485 e. The fourth-order valence-electron chi connectivity index (χ4n) is 2.30. The fraction of sp³-hybridized carbons (Fsp3) is 0.429. The minimum absolute atomic E-state index is 0.274. The molecule has 0 amide bonds. The lowest BCUT2D eigenvalue weighted by Crippen LogP contribution is -2.26. The van der Waals surface area contributed by atoms with Gasteiger partial charge in [-0.25, -0.2) is 0 Å². The van der Waals surface area contributed by atoms with Crippen LogP contribution in [0.2, 0.25) is 0 Å². The largest absolute Gasteiger partial charge is 0.361 e. The summed E-state index contributed by atoms with van der Waals surface area (Å²) in [6.45, 7) is 2.82. The maximum atomic E-state index is 5.87. The average Bonchev–Trinajstić information content (AvgIpc) is 2.73. The number of likely N-dealkylation sites (N-methyl/N-ethyl adjacent to an activating group) is 1. The van der Waals surface area contributed by atoms with E-state index in [0.717, 1.165) is 6.42 Å². The van der Waals surface area contributed by atoms with E-state index in [1.165, 1.54) is 22.0 Å². The molecule has 2 aromatic rings. The van der Waals surface area contributed by atoms with Crippen LogP contribution in [0.15, 0.2) is 24.4 Å². The van der Waals surface area contributed by atoms with Crippen LogP contribution in [0, 0.1) is 0 Å². The Labute approximate surface area is 103 Å². The molecule has 0 aliphatic heterocycles. The first-order valence-corrected chi connectivity index (χ1v) is 6.13. The van der Waals surface area contributed by atoms with Crippen molar-refractivity contribution < 1.29 is 0 Å². The zero-order valence-corrected chi connectivity index (χ0v) is 10.8. The number of nitrogens with zero attached hydrogens (tertiary/aromatic N) is 1. The zero-order valence-electron chi connectivity index (χ0n) is 10.8. The molecular formula is C14H21N3. The predicted octanol–water partition coefficient (Wildman–Crippen LogP) is 2.29. The monoisotopic (exact) mass is 231 g/mol. The van der Waals surface area contributed by atoms with Gasteiger partial charge in [-0.05, 0) is 43.8 Å². The first-order valence-electron chi connectivity index (χ1n) is 6.13. The molecule has 1 aromatic heterocycles. The summed E-state index contributed by atoms with van der Waals surface area (Å²) in [5.74, 6) is 0. The first-order chi connectivity index (χ1) is 8.17. The predicted molar refractivity (Wildman–Crippen MR) is 73.2 cm³/mol. The highest BCUT2D eigenvalue weighted by molar-refractivity contribution is 5.84. The Balaban J connectivity index is 2.53. The van der Waals surface area contributed by atoms with E-state index in [4.69, 9.17) is 5.73 Å². The molecule has 0 aliphatic rings. The Hall–Kier alpha value is -1.32. The second-order valence-corrected chi connectivity index (χ2v) is 4.69. The summed E-state index contributed by atoms with van der Waals surface area (Å²) in [5, 5.41) is 1.30. The lowest BCUT2D eigenvalue weighted by Gasteiger charge is -2.22. The molecule has 1 aromatic carbocycles. The molecule has 2 rings (SSSR count). The number of aryl methyl sites for hydroxylation is 1. The lowest BCUT2D eigenvalue weighted by atomic mass is 10.0. The van der Waals surface area contributed by atoms with Crippen LogP contribution in [0.1, 0.15) is 24.1 Å². The van der Waals surface area contributed by atoms with E-state index in [2.05, 4.69) is 55.3 Å². The van der Waals surface area contributed by atoms with Gasteiger partial charge in [0.05, 0.1) is 0 Å². The van der Waals surface area contributed by atoms with Gasteiger partial charge in [0.25, 0.3) is 0 Å². The third kappa shape index (κ3) is 2.21. The number of hydrogen-bond donors (Lipinski definition) is 2. The van der Waals surface area contributed by atoms with E-state index in [-0.39, 0.29) is 6.04 Å². The summed E-state index contributed by atoms with van der Waals surface area (Å²) in [7, 11) is 4.14. The number of H-pyrrole nitrogens is 1. The number of nitrogens with one attached hydrogen (secondary N) is 1. The van der Waals surface area contributed by atoms with Crippen molar-refractivity contribution in [3.05, 3.63) is 35.5 Å². The van der Waals surface area contributed by atoms with E-state index < -0.39 is 0 Å². The summed E-state index contributed by atoms with van der Waals surface area (Å²) < 4.78 is 0. The van der Waals surface area contributed by atoms with Crippen molar-refractivity contribution in [3.63, 3.8) is 0 Å². The smallest absolute Gasteiger partial charge is 0.0485 e. The second kappa shape index (κ2) is 4.90. The van der Waals surface area contributed by atoms with Gasteiger partial charge in [0, 0.05) is 29.7 Å². The number of nitrogens with two attached hydrogens (primary N) is 1. The van der Waals surface area contributed by atoms with Gasteiger partial charge in [0.1, 0.15) is 0 Å². The van der Waals surface area contributed by atoms with Gasteiger partial charge in [0.15, 0.2) is 0 Å². The quantitative estimate of drug-likeness (QED) is 0.848. The number of hydrogen-bond acceptors (Lipinski definition) is 2. The highest BCUT2D eigenvalue weighted by atomic mass is 15.1. The standard InChI is InChI=1S/C14H21N3/c1-4-10-5-6-13-11(7-10)12(9-16-13)14(8-15)17(2)3/h5-7,9,14,16H,4,8,15H2,1-3H3. The Morgan fingerprint density at radius 3 is 2.71 bits per heavy atom. The molecule has 3 heteroatoms. The highest BCUT2D eigenvalue weighted by Crippen LogP contribution is 2.27. The van der Waals surface area contributed by atoms with Crippen LogP contribution in [0.5, 0.6) is 0 Å². The summed E-state index contributed by atoms with van der Waals surface area (Å²) in [6, 6.07) is 6.88. The highest BCUT2D eigenvalue weighted by Gasteiger charge is 2.16. The van der Waals surface area contributed by atoms with Gasteiger partial charge in [-0.3, -0.25) is 0 Å². The Bertz CT molecular complexity index is 499. The third-order valence-corrected chi connectivity index (χ3v) is 3.39. The molecule has 0 spiro atoms. The number of benzene rings is 1. The Morgan fingerprint density at radius 2 is 2.12 bits per heavy atom. The molecule has 0 bridgehead atoms. The van der Waals surface area contributed by atoms with Crippen molar-refractivity contribution in [1.29, 1.82) is 0 Å². The van der Waals surface area contributed by atoms with Crippen LogP contribution in [-0.4, -0.2) is 30.5 Å². The summed E-state index contributed by atoms with van der Waals surface area (Å²) in [4.78, 5) is 5.49. The average molecular weight is 231 g/mol. The van der Waals surface area contributed by atoms with Crippen LogP contribution in [0.3, 0.4) is 0 Å². The number of aromatic nitrogens is 1. The maximum absolute atomic E-state index is 5.87. The first kappa shape index (κ1) is 12.1. The fourth-order valence-corrected chi connectivity index (χ4v) is 2.30. The molecule has 3 nitrogen and oxygen atoms in total. The van der Waals surface area contributed by atoms with Crippen LogP contribution >= 0.6 is 0 Å². The minimum atomic E-state index is 0.274. The van der Waals surface area contributed by atoms with E-state index in [9.17, 15) is 0 Å². The van der Waals surface area contributed by atoms with Gasteiger partial charge in [0.2, 0.25) is 0 Å². The van der Waals surface area contributed by atoms with Gasteiger partial charge >= 0.3 is 0 Å². The van der Waals surface area contributed by atoms with Crippen LogP contribution in [-0.2, 0) is 6.42 Å². The zero-order chi connectivity index (χ0) is 12.4. The summed E-state index contributed by atoms with van der Waals surface area (Å²) in [6.07, 6.45) is 3.15. The molecule has 0 aliphatic carbocycles. The van der Waals surface area contributed by atoms with Crippen LogP contribution in [0.25, 0.3) is 10.9 Å². The van der Waals surface area contributed by atoms with E-state index in [1.54, 1.807) is 0 Å². The van der Waals surface area contributed by atoms with Crippen molar-refractivity contribution in [2.75, 3.05) is 20.6 Å². The van der Waals surface area contributed by atoms with E-state index >= 15 is 0 Å². The molecule has 1 heterocycles. The van der Waals surface area contributed by atoms with Gasteiger partial charge in [-0.2, -0.15) is 0 Å². The van der Waals surface area contributed by atoms with Crippen molar-refractivity contribution >= 4 is 10.9 Å². The van der Waals surface area contributed by atoms with Gasteiger partial charge in [-0.1, -0.05) is 13.0 Å². The molecule has 1 atom stereocenters. The van der Waals surface area contributed by atoms with Crippen molar-refractivity contribution in [2.45, 2.75) is 19.4 Å². The van der Waals surface area contributed by atoms with Crippen LogP contribution < -0.4 is 5.73 Å². The van der Waals surface area contributed by atoms with Crippen molar-refractivity contribution in [2.24, 2.45) is 5.73 Å². The normalized spacial score (nSPS) is 13.5. The molecule has 0 saturated heterocycles. The molecule has 0 saturated carbocycles. The number of aromatic amines is 1. The van der Waals surface area contributed by atoms with E-state index in [0.29, 0.717) is 6.54 Å². The van der Waals surface area contributed by atoms with Gasteiger partial charge < -0.3 is 15.6 Å². The second-order valence-electron chi connectivity index (χ2n) is 4.69. The third-order valence-electron chi connectivity index (χ3n) is 3.39. The van der Waals surface area contributed by atoms with Crippen molar-refractivity contribution in [3.8, 4) is 0 Å². The number of rotatable bonds is 4. The Kier molecular flexibility index (Phi) is 3.50. The number of fused-ring (bicyclic) bond motifs is 1. The molecule has 0 radical (unpaired) electrons. The van der Waals surface area contributed by atoms with Crippen molar-refractivity contribution in [1.82, 2.24) is 9.88 Å². The van der Waals surface area contributed by atoms with Gasteiger partial charge in [-0.15, -0.1) is 0 Å².